The first kappa shape index (κ1) is 10.7. The van der Waals surface area contributed by atoms with Crippen LogP contribution >= 0.6 is 0 Å². The Bertz CT molecular complexity index is 275. The molecule has 3 nitrogen and oxygen atoms in total. The lowest BCUT2D eigenvalue weighted by Gasteiger charge is -2.34. The Kier molecular flexibility index (Phi) is 3.08. The number of Topliss-reactive ketones (excluding diaryl/α,β-unsaturated/α-hetero) is 1. The van der Waals surface area contributed by atoms with Crippen LogP contribution in [0.3, 0.4) is 0 Å². The molecule has 1 heterocycles. The van der Waals surface area contributed by atoms with Gasteiger partial charge in [0.1, 0.15) is 0 Å². The number of ketones is 1. The summed E-state index contributed by atoms with van der Waals surface area (Å²) in [5.41, 5.74) is 0. The molecule has 1 amide bonds. The average Bonchev–Trinajstić information content (AvgIpc) is 2.58. The lowest BCUT2D eigenvalue weighted by molar-refractivity contribution is -0.130. The summed E-state index contributed by atoms with van der Waals surface area (Å²) in [6, 6.07) is 0.350. The fourth-order valence-electron chi connectivity index (χ4n) is 2.85. The molecule has 1 saturated heterocycles. The van der Waals surface area contributed by atoms with Gasteiger partial charge in [0.15, 0.2) is 5.78 Å². The summed E-state index contributed by atoms with van der Waals surface area (Å²) in [5, 5.41) is 0. The zero-order valence-electron chi connectivity index (χ0n) is 9.37. The molecule has 0 spiro atoms. The number of likely N-dealkylation sites (tertiary alicyclic amines) is 1. The lowest BCUT2D eigenvalue weighted by atomic mass is 9.83. The smallest absolute Gasteiger partial charge is 0.230 e. The van der Waals surface area contributed by atoms with Gasteiger partial charge in [-0.15, -0.1) is 0 Å². The molecule has 0 bridgehead atoms. The molecule has 0 aromatic heterocycles. The summed E-state index contributed by atoms with van der Waals surface area (Å²) in [5.74, 6) is 0.910. The van der Waals surface area contributed by atoms with Crippen LogP contribution in [-0.4, -0.2) is 29.2 Å². The van der Waals surface area contributed by atoms with Crippen LogP contribution in [0.5, 0.6) is 0 Å². The summed E-state index contributed by atoms with van der Waals surface area (Å²) < 4.78 is 0. The van der Waals surface area contributed by atoms with Gasteiger partial charge in [0.2, 0.25) is 5.91 Å². The Hall–Kier alpha value is -0.860. The Labute approximate surface area is 90.8 Å². The third kappa shape index (κ3) is 2.21. The maximum atomic E-state index is 11.6. The molecule has 2 rings (SSSR count). The zero-order chi connectivity index (χ0) is 10.8. The summed E-state index contributed by atoms with van der Waals surface area (Å²) >= 11 is 0. The van der Waals surface area contributed by atoms with Crippen LogP contribution in [0.15, 0.2) is 0 Å². The largest absolute Gasteiger partial charge is 0.332 e. The Balaban J connectivity index is 1.98. The van der Waals surface area contributed by atoms with E-state index in [9.17, 15) is 9.59 Å². The highest BCUT2D eigenvalue weighted by Gasteiger charge is 2.35. The van der Waals surface area contributed by atoms with Gasteiger partial charge in [0.05, 0.1) is 13.0 Å². The SMILES string of the molecule is CCC1CCCC(N2CC(=O)CC2=O)C1. The number of hydrogen-bond acceptors (Lipinski definition) is 2. The van der Waals surface area contributed by atoms with Crippen LogP contribution < -0.4 is 0 Å². The van der Waals surface area contributed by atoms with E-state index >= 15 is 0 Å². The summed E-state index contributed by atoms with van der Waals surface area (Å²) in [7, 11) is 0. The quantitative estimate of drug-likeness (QED) is 0.650. The van der Waals surface area contributed by atoms with Crippen molar-refractivity contribution in [1.82, 2.24) is 4.90 Å². The van der Waals surface area contributed by atoms with Gasteiger partial charge < -0.3 is 4.90 Å². The van der Waals surface area contributed by atoms with Gasteiger partial charge in [0.25, 0.3) is 0 Å². The highest BCUT2D eigenvalue weighted by Crippen LogP contribution is 2.31. The van der Waals surface area contributed by atoms with E-state index in [1.54, 1.807) is 0 Å². The van der Waals surface area contributed by atoms with E-state index in [4.69, 9.17) is 0 Å². The molecular weight excluding hydrogens is 190 g/mol. The third-order valence-corrected chi connectivity index (χ3v) is 3.79. The molecule has 0 radical (unpaired) electrons. The normalized spacial score (nSPS) is 32.5. The maximum absolute atomic E-state index is 11.6. The molecular formula is C12H19NO2. The van der Waals surface area contributed by atoms with Crippen molar-refractivity contribution in [3.63, 3.8) is 0 Å². The average molecular weight is 209 g/mol. The Morgan fingerprint density at radius 3 is 2.73 bits per heavy atom. The molecule has 0 aromatic carbocycles. The summed E-state index contributed by atoms with van der Waals surface area (Å²) in [4.78, 5) is 24.6. The molecule has 3 heteroatoms. The zero-order valence-corrected chi connectivity index (χ0v) is 9.37. The van der Waals surface area contributed by atoms with Gasteiger partial charge >= 0.3 is 0 Å². The number of carbonyl (C=O) groups is 2. The van der Waals surface area contributed by atoms with Gasteiger partial charge in [0, 0.05) is 6.04 Å². The highest BCUT2D eigenvalue weighted by atomic mass is 16.2. The van der Waals surface area contributed by atoms with Crippen molar-refractivity contribution in [2.24, 2.45) is 5.92 Å². The van der Waals surface area contributed by atoms with Gasteiger partial charge in [-0.1, -0.05) is 26.2 Å². The van der Waals surface area contributed by atoms with Crippen molar-refractivity contribution in [2.75, 3.05) is 6.54 Å². The van der Waals surface area contributed by atoms with E-state index in [1.165, 1.54) is 19.3 Å². The predicted octanol–water partition coefficient (Wildman–Crippen LogP) is 1.76. The summed E-state index contributed by atoms with van der Waals surface area (Å²) in [6.07, 6.45) is 6.05. The first-order chi connectivity index (χ1) is 7.20. The van der Waals surface area contributed by atoms with Crippen molar-refractivity contribution in [3.8, 4) is 0 Å². The minimum absolute atomic E-state index is 0.0572. The number of amides is 1. The van der Waals surface area contributed by atoms with Gasteiger partial charge in [-0.05, 0) is 18.8 Å². The summed E-state index contributed by atoms with van der Waals surface area (Å²) in [6.45, 7) is 2.59. The molecule has 1 aliphatic heterocycles. The third-order valence-electron chi connectivity index (χ3n) is 3.79. The number of rotatable bonds is 2. The molecule has 2 unspecified atom stereocenters. The van der Waals surface area contributed by atoms with Crippen LogP contribution in [0.4, 0.5) is 0 Å². The van der Waals surface area contributed by atoms with Crippen LogP contribution in [0, 0.1) is 5.92 Å². The molecule has 0 N–H and O–H groups in total. The standard InChI is InChI=1S/C12H19NO2/c1-2-9-4-3-5-10(6-9)13-8-11(14)7-12(13)15/h9-10H,2-8H2,1H3. The molecule has 1 aliphatic carbocycles. The molecule has 15 heavy (non-hydrogen) atoms. The minimum Gasteiger partial charge on any atom is -0.332 e. The number of nitrogens with zero attached hydrogens (tertiary/aromatic N) is 1. The van der Waals surface area contributed by atoms with Crippen LogP contribution in [-0.2, 0) is 9.59 Å². The lowest BCUT2D eigenvalue weighted by Crippen LogP contribution is -2.39. The Morgan fingerprint density at radius 1 is 1.33 bits per heavy atom. The maximum Gasteiger partial charge on any atom is 0.230 e. The molecule has 2 atom stereocenters. The topological polar surface area (TPSA) is 37.4 Å². The van der Waals surface area contributed by atoms with Crippen molar-refractivity contribution >= 4 is 11.7 Å². The van der Waals surface area contributed by atoms with E-state index in [0.29, 0.717) is 12.6 Å². The van der Waals surface area contributed by atoms with E-state index in [-0.39, 0.29) is 18.1 Å². The number of carbonyl (C=O) groups excluding carboxylic acids is 2. The first-order valence-electron chi connectivity index (χ1n) is 6.02. The minimum atomic E-state index is 0.0572. The second-order valence-electron chi connectivity index (χ2n) is 4.83. The monoisotopic (exact) mass is 209 g/mol. The fourth-order valence-corrected chi connectivity index (χ4v) is 2.85. The van der Waals surface area contributed by atoms with Crippen LogP contribution in [0.1, 0.15) is 45.4 Å². The van der Waals surface area contributed by atoms with Crippen LogP contribution in [0.25, 0.3) is 0 Å². The van der Waals surface area contributed by atoms with Crippen molar-refractivity contribution in [2.45, 2.75) is 51.5 Å². The predicted molar refractivity (Wildman–Crippen MR) is 57.4 cm³/mol. The van der Waals surface area contributed by atoms with Gasteiger partial charge in [-0.25, -0.2) is 0 Å². The van der Waals surface area contributed by atoms with Gasteiger partial charge in [-0.2, -0.15) is 0 Å². The van der Waals surface area contributed by atoms with Gasteiger partial charge in [-0.3, -0.25) is 9.59 Å². The second-order valence-corrected chi connectivity index (χ2v) is 4.83. The van der Waals surface area contributed by atoms with E-state index < -0.39 is 0 Å². The van der Waals surface area contributed by atoms with Crippen molar-refractivity contribution in [1.29, 1.82) is 0 Å². The molecule has 2 aliphatic rings. The van der Waals surface area contributed by atoms with E-state index in [0.717, 1.165) is 18.8 Å². The van der Waals surface area contributed by atoms with Crippen molar-refractivity contribution < 1.29 is 9.59 Å². The molecule has 2 fully saturated rings. The second kappa shape index (κ2) is 4.33. The van der Waals surface area contributed by atoms with Crippen LogP contribution in [0.2, 0.25) is 0 Å². The highest BCUT2D eigenvalue weighted by molar-refractivity contribution is 6.05. The molecule has 0 aromatic rings. The molecule has 1 saturated carbocycles. The Morgan fingerprint density at radius 2 is 2.13 bits per heavy atom. The fraction of sp³-hybridized carbons (Fsp3) is 0.833. The van der Waals surface area contributed by atoms with E-state index in [2.05, 4.69) is 6.92 Å². The van der Waals surface area contributed by atoms with Crippen molar-refractivity contribution in [3.05, 3.63) is 0 Å². The van der Waals surface area contributed by atoms with E-state index in [1.807, 2.05) is 4.90 Å². The first-order valence-corrected chi connectivity index (χ1v) is 6.02. The molecule has 84 valence electrons. The number of hydrogen-bond donors (Lipinski definition) is 0.